The zero-order chi connectivity index (χ0) is 19.7. The molecule has 2 aromatic carbocycles. The predicted octanol–water partition coefficient (Wildman–Crippen LogP) is 2.77. The van der Waals surface area contributed by atoms with Crippen LogP contribution in [0.15, 0.2) is 58.5 Å². The summed E-state index contributed by atoms with van der Waals surface area (Å²) in [7, 11) is 0. The average Bonchev–Trinajstić information content (AvgIpc) is 3.13. The highest BCUT2D eigenvalue weighted by molar-refractivity contribution is 7.99. The third kappa shape index (κ3) is 3.38. The molecule has 0 bridgehead atoms. The van der Waals surface area contributed by atoms with E-state index in [1.54, 1.807) is 18.2 Å². The molecule has 28 heavy (non-hydrogen) atoms. The van der Waals surface area contributed by atoms with Crippen molar-refractivity contribution in [3.63, 3.8) is 0 Å². The fourth-order valence-electron chi connectivity index (χ4n) is 2.95. The number of carbonyl (C=O) groups is 2. The maximum atomic E-state index is 13.1. The topological polar surface area (TPSA) is 81.5 Å². The number of carbonyl (C=O) groups excluding carboxylic acids is 2. The first-order chi connectivity index (χ1) is 13.5. The summed E-state index contributed by atoms with van der Waals surface area (Å²) in [4.78, 5) is 42.7. The SMILES string of the molecule is Cc1ccc(-n2c(SCC(=O)N3CCOC3=O)nc3ccccc3c2=O)cc1. The molecule has 8 heteroatoms. The minimum atomic E-state index is -0.631. The highest BCUT2D eigenvalue weighted by Crippen LogP contribution is 2.22. The van der Waals surface area contributed by atoms with Crippen molar-refractivity contribution < 1.29 is 14.3 Å². The molecule has 0 N–H and O–H groups in total. The van der Waals surface area contributed by atoms with Crippen LogP contribution >= 0.6 is 11.8 Å². The number of ether oxygens (including phenoxy) is 1. The summed E-state index contributed by atoms with van der Waals surface area (Å²) in [6.45, 7) is 2.42. The Morgan fingerprint density at radius 1 is 1.14 bits per heavy atom. The van der Waals surface area contributed by atoms with Crippen LogP contribution in [0.1, 0.15) is 5.56 Å². The van der Waals surface area contributed by atoms with Crippen LogP contribution < -0.4 is 5.56 Å². The number of benzene rings is 2. The van der Waals surface area contributed by atoms with Crippen LogP contribution in [0.25, 0.3) is 16.6 Å². The minimum Gasteiger partial charge on any atom is -0.447 e. The van der Waals surface area contributed by atoms with Gasteiger partial charge in [0, 0.05) is 0 Å². The molecule has 0 spiro atoms. The largest absolute Gasteiger partial charge is 0.447 e. The molecule has 0 saturated carbocycles. The number of hydrogen-bond acceptors (Lipinski definition) is 6. The molecule has 1 aliphatic rings. The van der Waals surface area contributed by atoms with Gasteiger partial charge in [-0.25, -0.2) is 14.7 Å². The van der Waals surface area contributed by atoms with Gasteiger partial charge in [0.25, 0.3) is 5.56 Å². The number of thioether (sulfide) groups is 1. The standard InChI is InChI=1S/C20H17N3O4S/c1-13-6-8-14(9-7-13)23-18(25)15-4-2-3-5-16(15)21-19(23)28-12-17(24)22-10-11-27-20(22)26/h2-9H,10-12H2,1H3. The first-order valence-corrected chi connectivity index (χ1v) is 9.72. The highest BCUT2D eigenvalue weighted by Gasteiger charge is 2.28. The van der Waals surface area contributed by atoms with Gasteiger partial charge in [0.2, 0.25) is 5.91 Å². The van der Waals surface area contributed by atoms with Crippen molar-refractivity contribution in [3.05, 3.63) is 64.4 Å². The zero-order valence-electron chi connectivity index (χ0n) is 15.1. The van der Waals surface area contributed by atoms with Gasteiger partial charge in [-0.05, 0) is 31.2 Å². The number of para-hydroxylation sites is 1. The first-order valence-electron chi connectivity index (χ1n) is 8.73. The number of aryl methyl sites for hydroxylation is 1. The molecule has 7 nitrogen and oxygen atoms in total. The van der Waals surface area contributed by atoms with Gasteiger partial charge in [-0.1, -0.05) is 41.6 Å². The van der Waals surface area contributed by atoms with Crippen molar-refractivity contribution in [2.24, 2.45) is 0 Å². The first kappa shape index (κ1) is 18.2. The Morgan fingerprint density at radius 3 is 2.61 bits per heavy atom. The zero-order valence-corrected chi connectivity index (χ0v) is 15.9. The van der Waals surface area contributed by atoms with Crippen molar-refractivity contribution in [2.45, 2.75) is 12.1 Å². The van der Waals surface area contributed by atoms with Gasteiger partial charge in [0.1, 0.15) is 6.61 Å². The Labute approximate surface area is 164 Å². The number of imide groups is 1. The molecule has 1 saturated heterocycles. The van der Waals surface area contributed by atoms with Crippen LogP contribution in [0.4, 0.5) is 4.79 Å². The van der Waals surface area contributed by atoms with Crippen LogP contribution in [-0.2, 0) is 9.53 Å². The van der Waals surface area contributed by atoms with Gasteiger partial charge >= 0.3 is 6.09 Å². The molecule has 1 aromatic heterocycles. The molecule has 3 aromatic rings. The number of cyclic esters (lactones) is 1. The molecule has 0 radical (unpaired) electrons. The fourth-order valence-corrected chi connectivity index (χ4v) is 3.84. The second-order valence-corrected chi connectivity index (χ2v) is 7.28. The molecule has 2 heterocycles. The van der Waals surface area contributed by atoms with E-state index in [-0.39, 0.29) is 30.4 Å². The van der Waals surface area contributed by atoms with Crippen LogP contribution in [-0.4, -0.2) is 45.4 Å². The van der Waals surface area contributed by atoms with Gasteiger partial charge in [-0.2, -0.15) is 0 Å². The fraction of sp³-hybridized carbons (Fsp3) is 0.200. The molecule has 0 atom stereocenters. The Morgan fingerprint density at radius 2 is 1.89 bits per heavy atom. The number of aromatic nitrogens is 2. The molecule has 0 aliphatic carbocycles. The number of fused-ring (bicyclic) bond motifs is 1. The van der Waals surface area contributed by atoms with Crippen molar-refractivity contribution in [1.82, 2.24) is 14.5 Å². The Balaban J connectivity index is 1.74. The summed E-state index contributed by atoms with van der Waals surface area (Å²) in [5, 5.41) is 0.898. The van der Waals surface area contributed by atoms with Crippen LogP contribution in [0.2, 0.25) is 0 Å². The van der Waals surface area contributed by atoms with Crippen LogP contribution in [0, 0.1) is 6.92 Å². The summed E-state index contributed by atoms with van der Waals surface area (Å²) >= 11 is 1.12. The van der Waals surface area contributed by atoms with Crippen LogP contribution in [0.5, 0.6) is 0 Å². The van der Waals surface area contributed by atoms with Crippen molar-refractivity contribution in [3.8, 4) is 5.69 Å². The molecule has 1 fully saturated rings. The van der Waals surface area contributed by atoms with Crippen molar-refractivity contribution in [1.29, 1.82) is 0 Å². The Hall–Kier alpha value is -3.13. The predicted molar refractivity (Wildman–Crippen MR) is 106 cm³/mol. The lowest BCUT2D eigenvalue weighted by atomic mass is 10.2. The summed E-state index contributed by atoms with van der Waals surface area (Å²) in [6.07, 6.45) is -0.631. The smallest absolute Gasteiger partial charge is 0.416 e. The van der Waals surface area contributed by atoms with Gasteiger partial charge in [-0.15, -0.1) is 0 Å². The molecular weight excluding hydrogens is 378 g/mol. The number of hydrogen-bond donors (Lipinski definition) is 0. The maximum absolute atomic E-state index is 13.1. The van der Waals surface area contributed by atoms with E-state index in [1.807, 2.05) is 37.3 Å². The number of nitrogens with zero attached hydrogens (tertiary/aromatic N) is 3. The normalized spacial score (nSPS) is 13.8. The van der Waals surface area contributed by atoms with Crippen molar-refractivity contribution >= 4 is 34.7 Å². The Bertz CT molecular complexity index is 1120. The molecular formula is C20H17N3O4S. The summed E-state index contributed by atoms with van der Waals surface area (Å²) in [5.41, 5.74) is 2.10. The molecule has 4 rings (SSSR count). The van der Waals surface area contributed by atoms with Gasteiger partial charge in [0.05, 0.1) is 28.9 Å². The second kappa shape index (κ2) is 7.47. The van der Waals surface area contributed by atoms with E-state index >= 15 is 0 Å². The van der Waals surface area contributed by atoms with Gasteiger partial charge < -0.3 is 4.74 Å². The monoisotopic (exact) mass is 395 g/mol. The highest BCUT2D eigenvalue weighted by atomic mass is 32.2. The van der Waals surface area contributed by atoms with E-state index in [0.29, 0.717) is 21.7 Å². The lowest BCUT2D eigenvalue weighted by molar-refractivity contribution is -0.125. The van der Waals surface area contributed by atoms with Crippen LogP contribution in [0.3, 0.4) is 0 Å². The summed E-state index contributed by atoms with van der Waals surface area (Å²) < 4.78 is 6.31. The molecule has 142 valence electrons. The average molecular weight is 395 g/mol. The maximum Gasteiger partial charge on any atom is 0.416 e. The molecule has 0 unspecified atom stereocenters. The molecule has 1 aliphatic heterocycles. The number of rotatable bonds is 4. The Kier molecular flexibility index (Phi) is 4.87. The number of amides is 2. The quantitative estimate of drug-likeness (QED) is 0.499. The third-order valence-corrected chi connectivity index (χ3v) is 5.35. The van der Waals surface area contributed by atoms with Gasteiger partial charge in [-0.3, -0.25) is 14.2 Å². The van der Waals surface area contributed by atoms with Gasteiger partial charge in [0.15, 0.2) is 5.16 Å². The lowest BCUT2D eigenvalue weighted by Crippen LogP contribution is -2.33. The van der Waals surface area contributed by atoms with E-state index in [4.69, 9.17) is 4.74 Å². The molecule has 2 amide bonds. The van der Waals surface area contributed by atoms with E-state index in [0.717, 1.165) is 22.2 Å². The van der Waals surface area contributed by atoms with Crippen molar-refractivity contribution in [2.75, 3.05) is 18.9 Å². The van der Waals surface area contributed by atoms with E-state index in [2.05, 4.69) is 4.98 Å². The van der Waals surface area contributed by atoms with E-state index in [9.17, 15) is 14.4 Å². The minimum absolute atomic E-state index is 0.0221. The third-order valence-electron chi connectivity index (χ3n) is 4.42. The second-order valence-electron chi connectivity index (χ2n) is 6.34. The summed E-state index contributed by atoms with van der Waals surface area (Å²) in [6, 6.07) is 14.6. The lowest BCUT2D eigenvalue weighted by Gasteiger charge is -2.14. The summed E-state index contributed by atoms with van der Waals surface area (Å²) in [5.74, 6) is -0.392. The van der Waals surface area contributed by atoms with E-state index < -0.39 is 6.09 Å². The van der Waals surface area contributed by atoms with E-state index in [1.165, 1.54) is 4.57 Å².